The topological polar surface area (TPSA) is 107 Å². The van der Waals surface area contributed by atoms with Crippen molar-refractivity contribution in [3.8, 4) is 10.4 Å². The Morgan fingerprint density at radius 1 is 1.23 bits per heavy atom. The third-order valence-corrected chi connectivity index (χ3v) is 8.53. The number of aliphatic hydroxyl groups is 1. The lowest BCUT2D eigenvalue weighted by Gasteiger charge is -2.35. The van der Waals surface area contributed by atoms with Crippen LogP contribution in [0.1, 0.15) is 47.4 Å². The minimum Gasteiger partial charge on any atom is -0.391 e. The van der Waals surface area contributed by atoms with Gasteiger partial charge in [0.2, 0.25) is 5.91 Å². The minimum absolute atomic E-state index is 0.124. The molecule has 0 radical (unpaired) electrons. The molecule has 1 saturated heterocycles. The molecule has 9 nitrogen and oxygen atoms in total. The van der Waals surface area contributed by atoms with Crippen molar-refractivity contribution in [2.24, 2.45) is 10.9 Å². The fourth-order valence-corrected chi connectivity index (χ4v) is 6.41. The monoisotopic (exact) mass is 561 g/mol. The van der Waals surface area contributed by atoms with E-state index in [1.165, 1.54) is 7.11 Å². The highest BCUT2D eigenvalue weighted by atomic mass is 32.1. The molecule has 2 aliphatic heterocycles. The molecule has 1 aromatic heterocycles. The van der Waals surface area contributed by atoms with Crippen molar-refractivity contribution in [1.82, 2.24) is 20.3 Å². The average molecular weight is 562 g/mol. The summed E-state index contributed by atoms with van der Waals surface area (Å²) in [6, 6.07) is 14.5. The first-order valence-electron chi connectivity index (χ1n) is 13.5. The molecule has 40 heavy (non-hydrogen) atoms. The first-order chi connectivity index (χ1) is 19.3. The summed E-state index contributed by atoms with van der Waals surface area (Å²) in [5, 5.41) is 10.6. The number of benzene rings is 2. The number of nitrogens with zero attached hydrogens (tertiary/aromatic N) is 4. The Labute approximate surface area is 238 Å². The number of β-amino-alcohol motifs (C(OH)–C–C–N with tert-alkyl or cyclic N) is 1. The number of fused-ring (bicyclic) bond motifs is 1. The van der Waals surface area contributed by atoms with Crippen LogP contribution in [0.5, 0.6) is 0 Å². The molecule has 0 saturated carbocycles. The second kappa shape index (κ2) is 11.9. The predicted molar refractivity (Wildman–Crippen MR) is 155 cm³/mol. The number of nitrogens with one attached hydrogen (secondary N) is 1. The van der Waals surface area contributed by atoms with Gasteiger partial charge in [-0.1, -0.05) is 56.3 Å². The van der Waals surface area contributed by atoms with Crippen LogP contribution in [0, 0.1) is 12.8 Å². The van der Waals surface area contributed by atoms with Gasteiger partial charge in [0.1, 0.15) is 11.9 Å². The molecule has 3 atom stereocenters. The lowest BCUT2D eigenvalue weighted by molar-refractivity contribution is -0.138. The maximum absolute atomic E-state index is 14.1. The van der Waals surface area contributed by atoms with E-state index in [2.05, 4.69) is 22.6 Å². The van der Waals surface area contributed by atoms with Gasteiger partial charge in [-0.05, 0) is 35.6 Å². The molecular formula is C30H35N5O4S. The number of thiazole rings is 1. The van der Waals surface area contributed by atoms with Crippen LogP contribution in [0.3, 0.4) is 0 Å². The van der Waals surface area contributed by atoms with Crippen molar-refractivity contribution in [1.29, 1.82) is 0 Å². The molecular weight excluding hydrogens is 526 g/mol. The van der Waals surface area contributed by atoms with Gasteiger partial charge in [-0.3, -0.25) is 24.9 Å². The van der Waals surface area contributed by atoms with Gasteiger partial charge in [-0.15, -0.1) is 11.3 Å². The summed E-state index contributed by atoms with van der Waals surface area (Å²) in [5.74, 6) is 0.00126. The van der Waals surface area contributed by atoms with E-state index in [1.807, 2.05) is 56.6 Å². The smallest absolute Gasteiger partial charge is 0.255 e. The van der Waals surface area contributed by atoms with Crippen LogP contribution in [0.15, 0.2) is 59.0 Å². The molecule has 2 aliphatic rings. The summed E-state index contributed by atoms with van der Waals surface area (Å²) in [5.41, 5.74) is 9.37. The molecule has 5 rings (SSSR count). The van der Waals surface area contributed by atoms with Gasteiger partial charge >= 0.3 is 0 Å². The minimum atomic E-state index is -0.709. The summed E-state index contributed by atoms with van der Waals surface area (Å²) >= 11 is 1.61. The zero-order valence-corrected chi connectivity index (χ0v) is 24.0. The fourth-order valence-electron chi connectivity index (χ4n) is 5.59. The van der Waals surface area contributed by atoms with Crippen LogP contribution in [0.2, 0.25) is 0 Å². The molecule has 3 heterocycles. The zero-order chi connectivity index (χ0) is 28.4. The summed E-state index contributed by atoms with van der Waals surface area (Å²) in [6.07, 6.45) is -0.386. The zero-order valence-electron chi connectivity index (χ0n) is 23.2. The number of hydrogen-bond donors (Lipinski definition) is 2. The SMILES string of the molecule is CONC(=NCc1ccc(-c2scnc2C)cc1)[C@@H]1C[C@@H](O)CN1C(=O)[C@H](C(C)C)N1Cc2ccccc2C1=O. The first kappa shape index (κ1) is 27.9. The van der Waals surface area contributed by atoms with E-state index in [-0.39, 0.29) is 24.3 Å². The molecule has 2 aromatic carbocycles. The van der Waals surface area contributed by atoms with E-state index in [0.717, 1.165) is 27.3 Å². The maximum Gasteiger partial charge on any atom is 0.255 e. The standard InChI is InChI=1S/C30H35N5O4S/c1-18(2)26(35-15-22-7-5-6-8-24(22)29(35)37)30(38)34-16-23(36)13-25(34)28(33-39-4)31-14-20-9-11-21(12-10-20)27-19(3)32-17-40-27/h5-12,17-18,23,25-26,36H,13-16H2,1-4H3,(H,31,33)/t23-,25+,26+/m1/s1. The number of hydrogen-bond acceptors (Lipinski definition) is 7. The molecule has 3 aromatic rings. The van der Waals surface area contributed by atoms with Crippen LogP contribution >= 0.6 is 11.3 Å². The number of hydroxylamine groups is 1. The predicted octanol–water partition coefficient (Wildman–Crippen LogP) is 3.81. The highest BCUT2D eigenvalue weighted by molar-refractivity contribution is 7.13. The number of aryl methyl sites for hydroxylation is 1. The first-order valence-corrected chi connectivity index (χ1v) is 14.4. The van der Waals surface area contributed by atoms with Crippen LogP contribution in [-0.2, 0) is 22.7 Å². The van der Waals surface area contributed by atoms with Crippen molar-refractivity contribution < 1.29 is 19.5 Å². The van der Waals surface area contributed by atoms with Crippen LogP contribution in [0.25, 0.3) is 10.4 Å². The van der Waals surface area contributed by atoms with E-state index in [0.29, 0.717) is 30.9 Å². The lowest BCUT2D eigenvalue weighted by atomic mass is 10.0. The van der Waals surface area contributed by atoms with Gasteiger partial charge in [0.25, 0.3) is 5.91 Å². The van der Waals surface area contributed by atoms with Crippen molar-refractivity contribution >= 4 is 29.0 Å². The molecule has 0 spiro atoms. The molecule has 2 N–H and O–H groups in total. The third-order valence-electron chi connectivity index (χ3n) is 7.55. The second-order valence-corrected chi connectivity index (χ2v) is 11.5. The normalized spacial score (nSPS) is 19.9. The van der Waals surface area contributed by atoms with Gasteiger partial charge in [0.15, 0.2) is 0 Å². The van der Waals surface area contributed by atoms with Gasteiger partial charge in [0.05, 0.1) is 41.9 Å². The van der Waals surface area contributed by atoms with Gasteiger partial charge in [-0.25, -0.2) is 4.98 Å². The number of aliphatic imine (C=N–C) groups is 1. The van der Waals surface area contributed by atoms with E-state index >= 15 is 0 Å². The third kappa shape index (κ3) is 5.52. The molecule has 2 amide bonds. The number of carbonyl (C=O) groups is 2. The lowest BCUT2D eigenvalue weighted by Crippen LogP contribution is -2.55. The number of aromatic nitrogens is 1. The number of carbonyl (C=O) groups excluding carboxylic acids is 2. The van der Waals surface area contributed by atoms with Crippen molar-refractivity contribution in [2.75, 3.05) is 13.7 Å². The Kier molecular flexibility index (Phi) is 8.30. The van der Waals surface area contributed by atoms with Crippen molar-refractivity contribution in [3.63, 3.8) is 0 Å². The van der Waals surface area contributed by atoms with Gasteiger partial charge in [0, 0.05) is 25.1 Å². The number of likely N-dealkylation sites (tertiary alicyclic amines) is 1. The van der Waals surface area contributed by atoms with E-state index < -0.39 is 18.2 Å². The van der Waals surface area contributed by atoms with E-state index in [1.54, 1.807) is 27.2 Å². The molecule has 0 bridgehead atoms. The average Bonchev–Trinajstić information content (AvgIpc) is 3.64. The Bertz CT molecular complexity index is 1400. The van der Waals surface area contributed by atoms with Crippen LogP contribution < -0.4 is 5.48 Å². The molecule has 210 valence electrons. The second-order valence-electron chi connectivity index (χ2n) is 10.6. The Morgan fingerprint density at radius 3 is 2.62 bits per heavy atom. The quantitative estimate of drug-likeness (QED) is 0.246. The molecule has 0 unspecified atom stereocenters. The summed E-state index contributed by atoms with van der Waals surface area (Å²) in [6.45, 7) is 6.81. The fraction of sp³-hybridized carbons (Fsp3) is 0.400. The van der Waals surface area contributed by atoms with Crippen molar-refractivity contribution in [3.05, 3.63) is 76.4 Å². The summed E-state index contributed by atoms with van der Waals surface area (Å²) < 4.78 is 0. The summed E-state index contributed by atoms with van der Waals surface area (Å²) in [4.78, 5) is 46.1. The number of aliphatic hydroxyl groups excluding tert-OH is 1. The van der Waals surface area contributed by atoms with Gasteiger partial charge in [-0.2, -0.15) is 0 Å². The largest absolute Gasteiger partial charge is 0.391 e. The molecule has 0 aliphatic carbocycles. The maximum atomic E-state index is 14.1. The van der Waals surface area contributed by atoms with Crippen molar-refractivity contribution in [2.45, 2.75) is 58.5 Å². The Morgan fingerprint density at radius 2 is 1.98 bits per heavy atom. The van der Waals surface area contributed by atoms with E-state index in [9.17, 15) is 14.7 Å². The number of amides is 2. The molecule has 10 heteroatoms. The van der Waals surface area contributed by atoms with Gasteiger partial charge < -0.3 is 14.9 Å². The number of rotatable bonds is 8. The highest BCUT2D eigenvalue weighted by Crippen LogP contribution is 2.31. The highest BCUT2D eigenvalue weighted by Gasteiger charge is 2.45. The Balaban J connectivity index is 1.36. The Hall–Kier alpha value is -3.60. The van der Waals surface area contributed by atoms with E-state index in [4.69, 9.17) is 9.83 Å². The summed E-state index contributed by atoms with van der Waals surface area (Å²) in [7, 11) is 1.50. The molecule has 1 fully saturated rings. The number of amidine groups is 1. The van der Waals surface area contributed by atoms with Crippen LogP contribution in [0.4, 0.5) is 0 Å². The van der Waals surface area contributed by atoms with Crippen LogP contribution in [-0.4, -0.2) is 69.4 Å².